The number of hydrogen-bond acceptors (Lipinski definition) is 3. The van der Waals surface area contributed by atoms with Gasteiger partial charge in [-0.05, 0) is 12.8 Å². The number of aliphatic hydroxyl groups is 1. The van der Waals surface area contributed by atoms with Crippen molar-refractivity contribution in [2.24, 2.45) is 5.92 Å². The van der Waals surface area contributed by atoms with E-state index in [1.54, 1.807) is 12.1 Å². The molecule has 1 aromatic rings. The summed E-state index contributed by atoms with van der Waals surface area (Å²) in [6.07, 6.45) is -0.212. The summed E-state index contributed by atoms with van der Waals surface area (Å²) in [6.45, 7) is 5.96. The van der Waals surface area contributed by atoms with Crippen LogP contribution < -0.4 is 5.32 Å². The maximum absolute atomic E-state index is 11.9. The Balaban J connectivity index is 2.34. The molecule has 0 saturated carbocycles. The summed E-state index contributed by atoms with van der Waals surface area (Å²) in [5, 5.41) is 12.2. The minimum atomic E-state index is -0.549. The molecule has 0 aliphatic rings. The highest BCUT2D eigenvalue weighted by molar-refractivity contribution is 5.97. The number of aryl methyl sites for hydroxylation is 1. The van der Waals surface area contributed by atoms with Gasteiger partial charge in [0.15, 0.2) is 5.78 Å². The predicted molar refractivity (Wildman–Crippen MR) is 78.6 cm³/mol. The minimum absolute atomic E-state index is 0.0374. The normalized spacial score (nSPS) is 12.2. The number of amides is 1. The van der Waals surface area contributed by atoms with E-state index in [2.05, 4.69) is 5.32 Å². The van der Waals surface area contributed by atoms with Crippen molar-refractivity contribution >= 4 is 11.7 Å². The van der Waals surface area contributed by atoms with Gasteiger partial charge in [-0.1, -0.05) is 43.7 Å². The average Bonchev–Trinajstić information content (AvgIpc) is 2.42. The molecule has 1 unspecified atom stereocenters. The SMILES string of the molecule is Cc1ccc(C(=O)CCC(=O)NCC(O)C(C)C)cc1. The van der Waals surface area contributed by atoms with Gasteiger partial charge in [0.1, 0.15) is 0 Å². The van der Waals surface area contributed by atoms with Crippen LogP contribution in [0.1, 0.15) is 42.6 Å². The number of rotatable bonds is 7. The fourth-order valence-electron chi connectivity index (χ4n) is 1.65. The van der Waals surface area contributed by atoms with Gasteiger partial charge in [-0.15, -0.1) is 0 Å². The molecule has 1 aromatic carbocycles. The van der Waals surface area contributed by atoms with E-state index in [0.29, 0.717) is 5.56 Å². The monoisotopic (exact) mass is 277 g/mol. The fraction of sp³-hybridized carbons (Fsp3) is 0.500. The summed E-state index contributed by atoms with van der Waals surface area (Å²) in [4.78, 5) is 23.5. The van der Waals surface area contributed by atoms with Crippen molar-refractivity contribution in [3.63, 3.8) is 0 Å². The summed E-state index contributed by atoms with van der Waals surface area (Å²) in [5.74, 6) is -0.140. The lowest BCUT2D eigenvalue weighted by Crippen LogP contribution is -2.34. The Morgan fingerprint density at radius 2 is 1.75 bits per heavy atom. The van der Waals surface area contributed by atoms with Crippen LogP contribution in [0.25, 0.3) is 0 Å². The topological polar surface area (TPSA) is 66.4 Å². The summed E-state index contributed by atoms with van der Waals surface area (Å²) in [5.41, 5.74) is 1.73. The zero-order valence-electron chi connectivity index (χ0n) is 12.3. The van der Waals surface area contributed by atoms with Crippen molar-refractivity contribution in [2.75, 3.05) is 6.54 Å². The van der Waals surface area contributed by atoms with Gasteiger partial charge in [-0.25, -0.2) is 0 Å². The van der Waals surface area contributed by atoms with Crippen molar-refractivity contribution in [1.82, 2.24) is 5.32 Å². The Morgan fingerprint density at radius 3 is 2.30 bits per heavy atom. The second-order valence-electron chi connectivity index (χ2n) is 5.40. The molecule has 0 aliphatic carbocycles. The number of nitrogens with one attached hydrogen (secondary N) is 1. The Labute approximate surface area is 120 Å². The molecule has 0 aromatic heterocycles. The first-order valence-corrected chi connectivity index (χ1v) is 6.94. The van der Waals surface area contributed by atoms with E-state index in [1.807, 2.05) is 32.9 Å². The molecule has 4 heteroatoms. The van der Waals surface area contributed by atoms with Crippen LogP contribution in [0.15, 0.2) is 24.3 Å². The Kier molecular flexibility index (Phi) is 6.39. The highest BCUT2D eigenvalue weighted by atomic mass is 16.3. The molecule has 0 heterocycles. The van der Waals surface area contributed by atoms with Crippen LogP contribution >= 0.6 is 0 Å². The highest BCUT2D eigenvalue weighted by Crippen LogP contribution is 2.07. The number of aliphatic hydroxyl groups excluding tert-OH is 1. The molecule has 0 radical (unpaired) electrons. The largest absolute Gasteiger partial charge is 0.391 e. The van der Waals surface area contributed by atoms with Gasteiger partial charge in [-0.2, -0.15) is 0 Å². The van der Waals surface area contributed by atoms with Gasteiger partial charge in [-0.3, -0.25) is 9.59 Å². The van der Waals surface area contributed by atoms with Gasteiger partial charge in [0.05, 0.1) is 6.10 Å². The molecule has 1 rings (SSSR count). The summed E-state index contributed by atoms with van der Waals surface area (Å²) >= 11 is 0. The van der Waals surface area contributed by atoms with E-state index in [-0.39, 0.29) is 37.0 Å². The summed E-state index contributed by atoms with van der Waals surface area (Å²) < 4.78 is 0. The van der Waals surface area contributed by atoms with E-state index >= 15 is 0 Å². The van der Waals surface area contributed by atoms with Gasteiger partial charge in [0.2, 0.25) is 5.91 Å². The molecule has 2 N–H and O–H groups in total. The van der Waals surface area contributed by atoms with Gasteiger partial charge in [0, 0.05) is 24.9 Å². The Morgan fingerprint density at radius 1 is 1.15 bits per heavy atom. The Hall–Kier alpha value is -1.68. The molecule has 1 amide bonds. The van der Waals surface area contributed by atoms with Crippen molar-refractivity contribution < 1.29 is 14.7 Å². The van der Waals surface area contributed by atoms with Crippen LogP contribution in [-0.4, -0.2) is 29.4 Å². The summed E-state index contributed by atoms with van der Waals surface area (Å²) in [6, 6.07) is 7.31. The molecule has 0 spiro atoms. The maximum atomic E-state index is 11.9. The molecule has 110 valence electrons. The van der Waals surface area contributed by atoms with Crippen LogP contribution in [-0.2, 0) is 4.79 Å². The van der Waals surface area contributed by atoms with E-state index in [1.165, 1.54) is 0 Å². The van der Waals surface area contributed by atoms with E-state index in [9.17, 15) is 14.7 Å². The quantitative estimate of drug-likeness (QED) is 0.750. The number of benzene rings is 1. The van der Waals surface area contributed by atoms with Crippen LogP contribution in [0, 0.1) is 12.8 Å². The Bertz CT molecular complexity index is 451. The number of carbonyl (C=O) groups excluding carboxylic acids is 2. The molecule has 0 bridgehead atoms. The zero-order chi connectivity index (χ0) is 15.1. The van der Waals surface area contributed by atoms with Gasteiger partial charge >= 0.3 is 0 Å². The van der Waals surface area contributed by atoms with Crippen LogP contribution in [0.4, 0.5) is 0 Å². The lowest BCUT2D eigenvalue weighted by Gasteiger charge is -2.14. The number of Topliss-reactive ketones (excluding diaryl/α,β-unsaturated/α-hetero) is 1. The third-order valence-electron chi connectivity index (χ3n) is 3.23. The summed E-state index contributed by atoms with van der Waals surface area (Å²) in [7, 11) is 0. The van der Waals surface area contributed by atoms with E-state index in [4.69, 9.17) is 0 Å². The van der Waals surface area contributed by atoms with Crippen molar-refractivity contribution in [1.29, 1.82) is 0 Å². The van der Waals surface area contributed by atoms with Gasteiger partial charge < -0.3 is 10.4 Å². The second kappa shape index (κ2) is 7.80. The smallest absolute Gasteiger partial charge is 0.220 e. The average molecular weight is 277 g/mol. The van der Waals surface area contributed by atoms with Crippen molar-refractivity contribution in [3.05, 3.63) is 35.4 Å². The molecule has 4 nitrogen and oxygen atoms in total. The van der Waals surface area contributed by atoms with Gasteiger partial charge in [0.25, 0.3) is 0 Å². The molecule has 0 saturated heterocycles. The second-order valence-corrected chi connectivity index (χ2v) is 5.40. The van der Waals surface area contributed by atoms with Crippen molar-refractivity contribution in [3.8, 4) is 0 Å². The maximum Gasteiger partial charge on any atom is 0.220 e. The number of hydrogen-bond donors (Lipinski definition) is 2. The molecular formula is C16H23NO3. The molecule has 0 fully saturated rings. The number of ketones is 1. The zero-order valence-corrected chi connectivity index (χ0v) is 12.3. The third-order valence-corrected chi connectivity index (χ3v) is 3.23. The first-order chi connectivity index (χ1) is 9.40. The first-order valence-electron chi connectivity index (χ1n) is 6.94. The molecule has 20 heavy (non-hydrogen) atoms. The molecular weight excluding hydrogens is 254 g/mol. The lowest BCUT2D eigenvalue weighted by atomic mass is 10.0. The lowest BCUT2D eigenvalue weighted by molar-refractivity contribution is -0.121. The predicted octanol–water partition coefficient (Wildman–Crippen LogP) is 2.09. The van der Waals surface area contributed by atoms with Crippen molar-refractivity contribution in [2.45, 2.75) is 39.7 Å². The fourth-order valence-corrected chi connectivity index (χ4v) is 1.65. The van der Waals surface area contributed by atoms with Crippen LogP contribution in [0.3, 0.4) is 0 Å². The number of carbonyl (C=O) groups is 2. The van der Waals surface area contributed by atoms with E-state index in [0.717, 1.165) is 5.56 Å². The first kappa shape index (κ1) is 16.4. The van der Waals surface area contributed by atoms with Crippen LogP contribution in [0.5, 0.6) is 0 Å². The third kappa shape index (κ3) is 5.53. The molecule has 1 atom stereocenters. The molecule has 0 aliphatic heterocycles. The minimum Gasteiger partial charge on any atom is -0.391 e. The standard InChI is InChI=1S/C16H23NO3/c1-11(2)15(19)10-17-16(20)9-8-14(18)13-6-4-12(3)5-7-13/h4-7,11,15,19H,8-10H2,1-3H3,(H,17,20). The van der Waals surface area contributed by atoms with E-state index < -0.39 is 6.10 Å². The highest BCUT2D eigenvalue weighted by Gasteiger charge is 2.12. The van der Waals surface area contributed by atoms with Crippen LogP contribution in [0.2, 0.25) is 0 Å².